The number of halogens is 2. The first-order valence-corrected chi connectivity index (χ1v) is 6.87. The molecular weight excluding hydrogens is 251 g/mol. The Balaban J connectivity index is 2.22. The number of nitrogens with one attached hydrogen (secondary N) is 1. The van der Waals surface area contributed by atoms with E-state index >= 15 is 0 Å². The van der Waals surface area contributed by atoms with Crippen molar-refractivity contribution in [3.05, 3.63) is 29.0 Å². The first-order valence-electron chi connectivity index (χ1n) is 6.49. The SMILES string of the molecule is CCC1(C)CN(c2ccc(F)c(Cl)c2)CCCN1. The third-order valence-corrected chi connectivity index (χ3v) is 4.03. The molecule has 1 fully saturated rings. The Morgan fingerprint density at radius 3 is 2.94 bits per heavy atom. The summed E-state index contributed by atoms with van der Waals surface area (Å²) in [6, 6.07) is 4.97. The van der Waals surface area contributed by atoms with E-state index in [-0.39, 0.29) is 16.4 Å². The van der Waals surface area contributed by atoms with Crippen molar-refractivity contribution in [3.8, 4) is 0 Å². The summed E-state index contributed by atoms with van der Waals surface area (Å²) < 4.78 is 13.2. The van der Waals surface area contributed by atoms with Gasteiger partial charge in [-0.1, -0.05) is 18.5 Å². The van der Waals surface area contributed by atoms with E-state index in [2.05, 4.69) is 24.1 Å². The summed E-state index contributed by atoms with van der Waals surface area (Å²) in [6.07, 6.45) is 2.16. The molecule has 0 bridgehead atoms. The Morgan fingerprint density at radius 1 is 1.50 bits per heavy atom. The van der Waals surface area contributed by atoms with Crippen LogP contribution >= 0.6 is 11.6 Å². The standard InChI is InChI=1S/C14H20ClFN2/c1-3-14(2)10-18(8-4-7-17-14)11-5-6-13(16)12(15)9-11/h5-6,9,17H,3-4,7-8,10H2,1-2H3. The number of rotatable bonds is 2. The summed E-state index contributed by atoms with van der Waals surface area (Å²) in [5.41, 5.74) is 1.11. The molecule has 1 heterocycles. The van der Waals surface area contributed by atoms with Gasteiger partial charge in [-0.05, 0) is 44.5 Å². The van der Waals surface area contributed by atoms with E-state index in [1.807, 2.05) is 6.07 Å². The van der Waals surface area contributed by atoms with Crippen LogP contribution in [-0.4, -0.2) is 25.2 Å². The Hall–Kier alpha value is -0.800. The van der Waals surface area contributed by atoms with Crippen LogP contribution in [0.3, 0.4) is 0 Å². The molecule has 1 N–H and O–H groups in total. The molecule has 2 nitrogen and oxygen atoms in total. The minimum atomic E-state index is -0.355. The molecule has 1 aromatic carbocycles. The van der Waals surface area contributed by atoms with Crippen LogP contribution in [0.25, 0.3) is 0 Å². The zero-order valence-electron chi connectivity index (χ0n) is 11.0. The van der Waals surface area contributed by atoms with E-state index in [0.717, 1.165) is 38.2 Å². The highest BCUT2D eigenvalue weighted by Crippen LogP contribution is 2.26. The second-order valence-corrected chi connectivity index (χ2v) is 5.62. The lowest BCUT2D eigenvalue weighted by Gasteiger charge is -2.34. The van der Waals surface area contributed by atoms with Gasteiger partial charge in [0.2, 0.25) is 0 Å². The van der Waals surface area contributed by atoms with E-state index in [1.165, 1.54) is 6.07 Å². The summed E-state index contributed by atoms with van der Waals surface area (Å²) in [6.45, 7) is 7.34. The summed E-state index contributed by atoms with van der Waals surface area (Å²) >= 11 is 5.86. The first kappa shape index (κ1) is 13.6. The Kier molecular flexibility index (Phi) is 4.13. The van der Waals surface area contributed by atoms with E-state index in [0.29, 0.717) is 0 Å². The van der Waals surface area contributed by atoms with Crippen LogP contribution in [0, 0.1) is 5.82 Å². The highest BCUT2D eigenvalue weighted by molar-refractivity contribution is 6.31. The minimum Gasteiger partial charge on any atom is -0.370 e. The molecule has 0 amide bonds. The van der Waals surface area contributed by atoms with Gasteiger partial charge in [0.15, 0.2) is 0 Å². The molecule has 0 aliphatic carbocycles. The van der Waals surface area contributed by atoms with Gasteiger partial charge in [-0.3, -0.25) is 0 Å². The molecule has 1 aliphatic rings. The fourth-order valence-corrected chi connectivity index (χ4v) is 2.53. The zero-order chi connectivity index (χ0) is 13.2. The maximum atomic E-state index is 13.2. The molecule has 100 valence electrons. The van der Waals surface area contributed by atoms with Crippen molar-refractivity contribution in [2.75, 3.05) is 24.5 Å². The molecule has 0 aromatic heterocycles. The van der Waals surface area contributed by atoms with Crippen LogP contribution in [0.15, 0.2) is 18.2 Å². The lowest BCUT2D eigenvalue weighted by atomic mass is 9.98. The van der Waals surface area contributed by atoms with Crippen LogP contribution in [-0.2, 0) is 0 Å². The van der Waals surface area contributed by atoms with Gasteiger partial charge in [-0.15, -0.1) is 0 Å². The predicted octanol–water partition coefficient (Wildman–Crippen LogP) is 3.45. The third-order valence-electron chi connectivity index (χ3n) is 3.75. The van der Waals surface area contributed by atoms with Gasteiger partial charge < -0.3 is 10.2 Å². The molecule has 2 rings (SSSR count). The van der Waals surface area contributed by atoms with Crippen molar-refractivity contribution in [1.29, 1.82) is 0 Å². The van der Waals surface area contributed by atoms with Crippen LogP contribution in [0.1, 0.15) is 26.7 Å². The summed E-state index contributed by atoms with van der Waals surface area (Å²) in [4.78, 5) is 2.29. The van der Waals surface area contributed by atoms with Gasteiger partial charge in [0.05, 0.1) is 5.02 Å². The molecule has 1 aromatic rings. The summed E-state index contributed by atoms with van der Waals surface area (Å²) in [5.74, 6) is -0.355. The van der Waals surface area contributed by atoms with Crippen molar-refractivity contribution >= 4 is 17.3 Å². The Labute approximate surface area is 113 Å². The number of hydrogen-bond donors (Lipinski definition) is 1. The monoisotopic (exact) mass is 270 g/mol. The lowest BCUT2D eigenvalue weighted by Crippen LogP contribution is -2.48. The third kappa shape index (κ3) is 2.96. The highest BCUT2D eigenvalue weighted by Gasteiger charge is 2.27. The molecule has 0 spiro atoms. The minimum absolute atomic E-state index is 0.108. The zero-order valence-corrected chi connectivity index (χ0v) is 11.7. The molecule has 0 saturated carbocycles. The maximum absolute atomic E-state index is 13.2. The average Bonchev–Trinajstić information content (AvgIpc) is 2.56. The fourth-order valence-electron chi connectivity index (χ4n) is 2.36. The van der Waals surface area contributed by atoms with Gasteiger partial charge in [-0.2, -0.15) is 0 Å². The van der Waals surface area contributed by atoms with Crippen molar-refractivity contribution in [1.82, 2.24) is 5.32 Å². The van der Waals surface area contributed by atoms with Gasteiger partial charge in [0.25, 0.3) is 0 Å². The van der Waals surface area contributed by atoms with Crippen molar-refractivity contribution in [3.63, 3.8) is 0 Å². The van der Waals surface area contributed by atoms with E-state index in [4.69, 9.17) is 11.6 Å². The molecule has 1 unspecified atom stereocenters. The summed E-state index contributed by atoms with van der Waals surface area (Å²) in [7, 11) is 0. The van der Waals surface area contributed by atoms with Crippen molar-refractivity contribution < 1.29 is 4.39 Å². The highest BCUT2D eigenvalue weighted by atomic mass is 35.5. The topological polar surface area (TPSA) is 15.3 Å². The van der Waals surface area contributed by atoms with Gasteiger partial charge in [0.1, 0.15) is 5.82 Å². The fraction of sp³-hybridized carbons (Fsp3) is 0.571. The van der Waals surface area contributed by atoms with Gasteiger partial charge in [-0.25, -0.2) is 4.39 Å². The second-order valence-electron chi connectivity index (χ2n) is 5.21. The largest absolute Gasteiger partial charge is 0.370 e. The van der Waals surface area contributed by atoms with Crippen LogP contribution < -0.4 is 10.2 Å². The number of benzene rings is 1. The van der Waals surface area contributed by atoms with Gasteiger partial charge >= 0.3 is 0 Å². The first-order chi connectivity index (χ1) is 8.54. The predicted molar refractivity (Wildman–Crippen MR) is 74.9 cm³/mol. The Morgan fingerprint density at radius 2 is 2.28 bits per heavy atom. The molecule has 1 saturated heterocycles. The quantitative estimate of drug-likeness (QED) is 0.886. The summed E-state index contributed by atoms with van der Waals surface area (Å²) in [5, 5.41) is 3.78. The number of nitrogens with zero attached hydrogens (tertiary/aromatic N) is 1. The Bertz CT molecular complexity index is 424. The lowest BCUT2D eigenvalue weighted by molar-refractivity contribution is 0.366. The maximum Gasteiger partial charge on any atom is 0.141 e. The van der Waals surface area contributed by atoms with Crippen LogP contribution in [0.4, 0.5) is 10.1 Å². The number of anilines is 1. The average molecular weight is 271 g/mol. The molecule has 18 heavy (non-hydrogen) atoms. The molecule has 0 radical (unpaired) electrons. The van der Waals surface area contributed by atoms with E-state index in [9.17, 15) is 4.39 Å². The molecular formula is C14H20ClFN2. The van der Waals surface area contributed by atoms with E-state index in [1.54, 1.807) is 6.07 Å². The molecule has 1 atom stereocenters. The smallest absolute Gasteiger partial charge is 0.141 e. The van der Waals surface area contributed by atoms with Crippen LogP contribution in [0.2, 0.25) is 5.02 Å². The van der Waals surface area contributed by atoms with Crippen LogP contribution in [0.5, 0.6) is 0 Å². The number of hydrogen-bond acceptors (Lipinski definition) is 2. The van der Waals surface area contributed by atoms with E-state index < -0.39 is 0 Å². The van der Waals surface area contributed by atoms with Crippen molar-refractivity contribution in [2.45, 2.75) is 32.2 Å². The molecule has 1 aliphatic heterocycles. The normalized spacial score (nSPS) is 25.0. The van der Waals surface area contributed by atoms with Crippen molar-refractivity contribution in [2.24, 2.45) is 0 Å². The molecule has 4 heteroatoms. The van der Waals surface area contributed by atoms with Gasteiger partial charge in [0, 0.05) is 24.3 Å². The second kappa shape index (κ2) is 5.45.